The fourth-order valence-corrected chi connectivity index (χ4v) is 2.74. The summed E-state index contributed by atoms with van der Waals surface area (Å²) < 4.78 is 0. The van der Waals surface area contributed by atoms with Gasteiger partial charge in [-0.1, -0.05) is 26.3 Å². The van der Waals surface area contributed by atoms with Crippen LogP contribution in [0.5, 0.6) is 0 Å². The van der Waals surface area contributed by atoms with Crippen molar-refractivity contribution in [3.8, 4) is 0 Å². The quantitative estimate of drug-likeness (QED) is 0.415. The predicted molar refractivity (Wildman–Crippen MR) is 92.3 cm³/mol. The van der Waals surface area contributed by atoms with E-state index in [-0.39, 0.29) is 22.9 Å². The van der Waals surface area contributed by atoms with Crippen molar-refractivity contribution >= 4 is 18.2 Å². The summed E-state index contributed by atoms with van der Waals surface area (Å²) in [6.45, 7) is 6.68. The number of hydrogen-bond acceptors (Lipinski definition) is 5. The molecule has 1 heterocycles. The average molecular weight is 336 g/mol. The number of nitrogens with one attached hydrogen (secondary N) is 2. The first-order chi connectivity index (χ1) is 11.4. The fourth-order valence-electron chi connectivity index (χ4n) is 2.74. The molecule has 0 aromatic heterocycles. The molecule has 0 aromatic rings. The second kappa shape index (κ2) is 8.28. The van der Waals surface area contributed by atoms with Gasteiger partial charge < -0.3 is 10.4 Å². The van der Waals surface area contributed by atoms with Crippen LogP contribution in [-0.4, -0.2) is 48.0 Å². The average Bonchev–Trinajstić information content (AvgIpc) is 2.93. The molecule has 134 valence electrons. The molecule has 0 bridgehead atoms. The third-order valence-corrected chi connectivity index (χ3v) is 4.55. The van der Waals surface area contributed by atoms with Gasteiger partial charge in [-0.3, -0.25) is 14.8 Å². The molecule has 0 saturated heterocycles. The lowest BCUT2D eigenvalue weighted by atomic mass is 10.1. The number of carbonyl (C=O) groups excluding carboxylic acids is 1. The fraction of sp³-hybridized carbons (Fsp3) is 0.706. The number of rotatable bonds is 10. The van der Waals surface area contributed by atoms with Crippen LogP contribution in [0.4, 0.5) is 0 Å². The van der Waals surface area contributed by atoms with E-state index < -0.39 is 5.97 Å². The summed E-state index contributed by atoms with van der Waals surface area (Å²) in [5.41, 5.74) is 3.28. The lowest BCUT2D eigenvalue weighted by Gasteiger charge is -2.14. The SMILES string of the molecule is CC1(C)CC1C(=O)N/C(=C\CCCCCNN1C=NCC1)C(=O)O. The number of unbranched alkanes of at least 4 members (excludes halogenated alkanes) is 3. The van der Waals surface area contributed by atoms with Gasteiger partial charge in [-0.25, -0.2) is 10.2 Å². The van der Waals surface area contributed by atoms with Gasteiger partial charge in [0.25, 0.3) is 0 Å². The molecule has 0 spiro atoms. The minimum Gasteiger partial charge on any atom is -0.477 e. The van der Waals surface area contributed by atoms with Crippen LogP contribution in [0.15, 0.2) is 16.8 Å². The van der Waals surface area contributed by atoms with Crippen LogP contribution in [0, 0.1) is 11.3 Å². The first-order valence-corrected chi connectivity index (χ1v) is 8.64. The molecule has 7 nitrogen and oxygen atoms in total. The van der Waals surface area contributed by atoms with Crippen molar-refractivity contribution in [1.82, 2.24) is 15.8 Å². The van der Waals surface area contributed by atoms with E-state index in [1.165, 1.54) is 0 Å². The molecular weight excluding hydrogens is 308 g/mol. The number of allylic oxidation sites excluding steroid dienone is 1. The highest BCUT2D eigenvalue weighted by atomic mass is 16.4. The largest absolute Gasteiger partial charge is 0.477 e. The first kappa shape index (κ1) is 18.4. The van der Waals surface area contributed by atoms with E-state index in [0.717, 1.165) is 45.3 Å². The van der Waals surface area contributed by atoms with Crippen LogP contribution in [0.25, 0.3) is 0 Å². The minimum absolute atomic E-state index is 0.000740. The van der Waals surface area contributed by atoms with Gasteiger partial charge in [0, 0.05) is 12.5 Å². The van der Waals surface area contributed by atoms with Crippen molar-refractivity contribution in [3.63, 3.8) is 0 Å². The Balaban J connectivity index is 1.61. The summed E-state index contributed by atoms with van der Waals surface area (Å²) in [6.07, 6.45) is 7.83. The van der Waals surface area contributed by atoms with Gasteiger partial charge in [0.05, 0.1) is 19.4 Å². The number of hydrazine groups is 1. The molecule has 1 atom stereocenters. The molecule has 0 aromatic carbocycles. The maximum absolute atomic E-state index is 12.0. The molecule has 1 aliphatic heterocycles. The minimum atomic E-state index is -1.07. The molecule has 2 aliphatic rings. The van der Waals surface area contributed by atoms with E-state index in [1.54, 1.807) is 6.08 Å². The maximum Gasteiger partial charge on any atom is 0.352 e. The second-order valence-corrected chi connectivity index (χ2v) is 7.13. The number of amides is 1. The number of aliphatic carboxylic acids is 1. The maximum atomic E-state index is 12.0. The Hall–Kier alpha value is -1.89. The molecule has 1 amide bonds. The van der Waals surface area contributed by atoms with E-state index in [1.807, 2.05) is 25.2 Å². The summed E-state index contributed by atoms with van der Waals surface area (Å²) >= 11 is 0. The molecule has 1 aliphatic carbocycles. The number of hydrogen-bond donors (Lipinski definition) is 3. The molecule has 3 N–H and O–H groups in total. The van der Waals surface area contributed by atoms with Gasteiger partial charge in [-0.05, 0) is 31.1 Å². The van der Waals surface area contributed by atoms with E-state index in [9.17, 15) is 14.7 Å². The molecule has 1 saturated carbocycles. The van der Waals surface area contributed by atoms with Crippen molar-refractivity contribution in [2.24, 2.45) is 16.3 Å². The number of carboxylic acid groups (broad SMARTS) is 1. The van der Waals surface area contributed by atoms with Gasteiger partial charge in [0.15, 0.2) is 0 Å². The van der Waals surface area contributed by atoms with Crippen LogP contribution in [0.2, 0.25) is 0 Å². The van der Waals surface area contributed by atoms with Crippen LogP contribution < -0.4 is 10.7 Å². The first-order valence-electron chi connectivity index (χ1n) is 8.64. The van der Waals surface area contributed by atoms with E-state index in [0.29, 0.717) is 6.42 Å². The van der Waals surface area contributed by atoms with Gasteiger partial charge in [-0.2, -0.15) is 0 Å². The Morgan fingerprint density at radius 2 is 2.12 bits per heavy atom. The van der Waals surface area contributed by atoms with Crippen molar-refractivity contribution in [1.29, 1.82) is 0 Å². The highest BCUT2D eigenvalue weighted by Gasteiger charge is 2.50. The summed E-state index contributed by atoms with van der Waals surface area (Å²) in [7, 11) is 0. The van der Waals surface area contributed by atoms with Gasteiger partial charge in [-0.15, -0.1) is 0 Å². The Kier molecular flexibility index (Phi) is 6.36. The molecule has 7 heteroatoms. The van der Waals surface area contributed by atoms with E-state index in [4.69, 9.17) is 0 Å². The Morgan fingerprint density at radius 1 is 1.38 bits per heavy atom. The Morgan fingerprint density at radius 3 is 2.71 bits per heavy atom. The standard InChI is InChI=1S/C17H28N4O3/c1-17(2)11-13(17)15(22)20-14(16(23)24)7-5-3-4-6-8-19-21-10-9-18-12-21/h7,12-13,19H,3-6,8-11H2,1-2H3,(H,20,22)(H,23,24)/b14-7-. The second-order valence-electron chi connectivity index (χ2n) is 7.13. The number of aliphatic imine (C=N–C) groups is 1. The zero-order valence-electron chi connectivity index (χ0n) is 14.5. The summed E-state index contributed by atoms with van der Waals surface area (Å²) in [5.74, 6) is -1.32. The van der Waals surface area contributed by atoms with E-state index >= 15 is 0 Å². The number of nitrogens with zero attached hydrogens (tertiary/aromatic N) is 2. The highest BCUT2D eigenvalue weighted by Crippen LogP contribution is 2.51. The zero-order chi connectivity index (χ0) is 17.6. The normalized spacial score (nSPS) is 21.8. The smallest absolute Gasteiger partial charge is 0.352 e. The topological polar surface area (TPSA) is 94.0 Å². The van der Waals surface area contributed by atoms with Gasteiger partial charge in [0.2, 0.25) is 5.91 Å². The molecular formula is C17H28N4O3. The lowest BCUT2D eigenvalue weighted by Crippen LogP contribution is -2.35. The molecule has 0 radical (unpaired) electrons. The van der Waals surface area contributed by atoms with E-state index in [2.05, 4.69) is 15.7 Å². The molecule has 24 heavy (non-hydrogen) atoms. The third-order valence-electron chi connectivity index (χ3n) is 4.55. The van der Waals surface area contributed by atoms with Crippen molar-refractivity contribution < 1.29 is 14.7 Å². The Labute approximate surface area is 143 Å². The summed E-state index contributed by atoms with van der Waals surface area (Å²) in [5, 5.41) is 13.8. The van der Waals surface area contributed by atoms with Gasteiger partial charge in [0.1, 0.15) is 5.70 Å². The predicted octanol–water partition coefficient (Wildman–Crippen LogP) is 1.53. The van der Waals surface area contributed by atoms with Crippen LogP contribution >= 0.6 is 0 Å². The highest BCUT2D eigenvalue weighted by molar-refractivity contribution is 5.94. The van der Waals surface area contributed by atoms with Crippen LogP contribution in [0.3, 0.4) is 0 Å². The molecule has 1 unspecified atom stereocenters. The van der Waals surface area contributed by atoms with Crippen LogP contribution in [0.1, 0.15) is 46.0 Å². The van der Waals surface area contributed by atoms with Crippen molar-refractivity contribution in [2.75, 3.05) is 19.6 Å². The molecule has 1 fully saturated rings. The monoisotopic (exact) mass is 336 g/mol. The third kappa shape index (κ3) is 5.63. The summed E-state index contributed by atoms with van der Waals surface area (Å²) in [4.78, 5) is 27.4. The van der Waals surface area contributed by atoms with Crippen LogP contribution in [-0.2, 0) is 9.59 Å². The number of carboxylic acids is 1. The van der Waals surface area contributed by atoms with Gasteiger partial charge >= 0.3 is 5.97 Å². The lowest BCUT2D eigenvalue weighted by molar-refractivity contribution is -0.135. The van der Waals surface area contributed by atoms with Crippen molar-refractivity contribution in [2.45, 2.75) is 46.0 Å². The number of carbonyl (C=O) groups is 2. The molecule has 2 rings (SSSR count). The summed E-state index contributed by atoms with van der Waals surface area (Å²) in [6, 6.07) is 0. The Bertz CT molecular complexity index is 528. The van der Waals surface area contributed by atoms with Crippen molar-refractivity contribution in [3.05, 3.63) is 11.8 Å². The zero-order valence-corrected chi connectivity index (χ0v) is 14.5.